The number of ether oxygens (including phenoxy) is 1. The average Bonchev–Trinajstić information content (AvgIpc) is 2.56. The molecule has 2 rings (SSSR count). The maximum absolute atomic E-state index is 13.7. The van der Waals surface area contributed by atoms with Gasteiger partial charge < -0.3 is 10.1 Å². The van der Waals surface area contributed by atoms with Gasteiger partial charge in [-0.1, -0.05) is 23.7 Å². The van der Waals surface area contributed by atoms with Crippen LogP contribution in [0.5, 0.6) is 0 Å². The number of sulfone groups is 1. The monoisotopic (exact) mass is 399 g/mol. The lowest BCUT2D eigenvalue weighted by Gasteiger charge is -2.15. The highest BCUT2D eigenvalue weighted by molar-refractivity contribution is 7.90. The molecule has 1 atom stereocenters. The number of hydrogen-bond donors (Lipinski definition) is 1. The first-order valence-corrected chi connectivity index (χ1v) is 9.62. The van der Waals surface area contributed by atoms with Crippen molar-refractivity contribution in [3.05, 3.63) is 58.9 Å². The fraction of sp³-hybridized carbons (Fsp3) is 0.176. The van der Waals surface area contributed by atoms with Crippen LogP contribution in [-0.2, 0) is 19.4 Å². The summed E-state index contributed by atoms with van der Waals surface area (Å²) in [6.07, 6.45) is -0.330. The molecule has 0 aliphatic carbocycles. The van der Waals surface area contributed by atoms with Crippen molar-refractivity contribution in [1.82, 2.24) is 0 Å². The van der Waals surface area contributed by atoms with Crippen molar-refractivity contribution >= 4 is 39.0 Å². The van der Waals surface area contributed by atoms with E-state index in [1.165, 1.54) is 43.3 Å². The summed E-state index contributed by atoms with van der Waals surface area (Å²) in [7, 11) is -3.66. The van der Waals surface area contributed by atoms with E-state index in [0.29, 0.717) is 0 Å². The van der Waals surface area contributed by atoms with Crippen molar-refractivity contribution in [2.75, 3.05) is 11.6 Å². The van der Waals surface area contributed by atoms with E-state index in [1.54, 1.807) is 0 Å². The van der Waals surface area contributed by atoms with Crippen molar-refractivity contribution in [3.63, 3.8) is 0 Å². The van der Waals surface area contributed by atoms with E-state index < -0.39 is 33.6 Å². The predicted octanol–water partition coefficient (Wildman–Crippen LogP) is 3.07. The van der Waals surface area contributed by atoms with Gasteiger partial charge in [0.25, 0.3) is 5.91 Å². The van der Waals surface area contributed by atoms with Crippen LogP contribution in [0.15, 0.2) is 47.4 Å². The minimum atomic E-state index is -3.66. The first-order chi connectivity index (χ1) is 12.1. The third-order valence-corrected chi connectivity index (χ3v) is 4.74. The summed E-state index contributed by atoms with van der Waals surface area (Å²) in [6.45, 7) is 1.28. The van der Waals surface area contributed by atoms with Crippen molar-refractivity contribution in [3.8, 4) is 0 Å². The van der Waals surface area contributed by atoms with Crippen LogP contribution in [0.25, 0.3) is 0 Å². The Balaban J connectivity index is 2.13. The summed E-state index contributed by atoms with van der Waals surface area (Å²) in [6, 6.07) is 9.16. The van der Waals surface area contributed by atoms with E-state index in [9.17, 15) is 22.4 Å². The first kappa shape index (κ1) is 19.9. The first-order valence-electron chi connectivity index (χ1n) is 7.35. The number of carbonyl (C=O) groups excluding carboxylic acids is 2. The van der Waals surface area contributed by atoms with Gasteiger partial charge >= 0.3 is 5.97 Å². The van der Waals surface area contributed by atoms with Gasteiger partial charge in [0.15, 0.2) is 15.9 Å². The summed E-state index contributed by atoms with van der Waals surface area (Å²) in [5, 5.41) is 2.44. The maximum atomic E-state index is 13.7. The minimum absolute atomic E-state index is 0.126. The van der Waals surface area contributed by atoms with Crippen LogP contribution in [0.3, 0.4) is 0 Å². The van der Waals surface area contributed by atoms with Gasteiger partial charge in [-0.25, -0.2) is 17.6 Å². The highest BCUT2D eigenvalue weighted by atomic mass is 35.5. The Morgan fingerprint density at radius 2 is 1.85 bits per heavy atom. The van der Waals surface area contributed by atoms with Crippen molar-refractivity contribution < 1.29 is 27.1 Å². The van der Waals surface area contributed by atoms with E-state index in [1.807, 2.05) is 0 Å². The van der Waals surface area contributed by atoms with E-state index in [2.05, 4.69) is 5.32 Å². The fourth-order valence-electron chi connectivity index (χ4n) is 2.06. The Morgan fingerprint density at radius 3 is 2.46 bits per heavy atom. The minimum Gasteiger partial charge on any atom is -0.449 e. The van der Waals surface area contributed by atoms with Gasteiger partial charge in [-0.2, -0.15) is 0 Å². The lowest BCUT2D eigenvalue weighted by atomic mass is 10.2. The molecule has 0 unspecified atom stereocenters. The van der Waals surface area contributed by atoms with Crippen LogP contribution < -0.4 is 5.32 Å². The Hall–Kier alpha value is -2.45. The van der Waals surface area contributed by atoms with Crippen molar-refractivity contribution in [1.29, 1.82) is 0 Å². The Kier molecular flexibility index (Phi) is 5.99. The zero-order valence-electron chi connectivity index (χ0n) is 13.8. The molecule has 26 heavy (non-hydrogen) atoms. The molecule has 0 spiro atoms. The van der Waals surface area contributed by atoms with E-state index in [4.69, 9.17) is 16.3 Å². The van der Waals surface area contributed by atoms with Crippen LogP contribution in [-0.4, -0.2) is 32.7 Å². The SMILES string of the molecule is C[C@H](OC(=O)c1ccccc1S(C)(=O)=O)C(=O)Nc1ccc(Cl)cc1F. The molecule has 0 radical (unpaired) electrons. The van der Waals surface area contributed by atoms with Gasteiger partial charge in [0.05, 0.1) is 16.1 Å². The molecule has 0 fully saturated rings. The molecular formula is C17H15ClFNO5S. The molecule has 0 saturated carbocycles. The summed E-state index contributed by atoms with van der Waals surface area (Å²) in [4.78, 5) is 24.1. The van der Waals surface area contributed by atoms with Gasteiger partial charge in [-0.15, -0.1) is 0 Å². The summed E-state index contributed by atoms with van der Waals surface area (Å²) in [5.74, 6) is -2.51. The fourth-order valence-corrected chi connectivity index (χ4v) is 3.10. The molecule has 6 nitrogen and oxygen atoms in total. The van der Waals surface area contributed by atoms with Gasteiger partial charge in [-0.05, 0) is 37.3 Å². The lowest BCUT2D eigenvalue weighted by Crippen LogP contribution is -2.30. The molecule has 1 amide bonds. The maximum Gasteiger partial charge on any atom is 0.340 e. The number of rotatable bonds is 5. The van der Waals surface area contributed by atoms with Crippen LogP contribution in [0.4, 0.5) is 10.1 Å². The number of nitrogens with one attached hydrogen (secondary N) is 1. The Labute approximate surface area is 154 Å². The van der Waals surface area contributed by atoms with E-state index in [-0.39, 0.29) is 21.2 Å². The molecule has 1 N–H and O–H groups in total. The summed E-state index contributed by atoms with van der Waals surface area (Å²) < 4.78 is 42.2. The number of carbonyl (C=O) groups is 2. The lowest BCUT2D eigenvalue weighted by molar-refractivity contribution is -0.123. The van der Waals surface area contributed by atoms with Gasteiger partial charge in [0.1, 0.15) is 5.82 Å². The highest BCUT2D eigenvalue weighted by Gasteiger charge is 2.24. The molecule has 2 aromatic rings. The number of esters is 1. The summed E-state index contributed by atoms with van der Waals surface area (Å²) >= 11 is 5.63. The van der Waals surface area contributed by atoms with E-state index in [0.717, 1.165) is 12.3 Å². The molecule has 2 aromatic carbocycles. The second-order valence-corrected chi connectivity index (χ2v) is 7.85. The Morgan fingerprint density at radius 1 is 1.19 bits per heavy atom. The topological polar surface area (TPSA) is 89.5 Å². The standard InChI is InChI=1S/C17H15ClFNO5S/c1-10(16(21)20-14-8-7-11(18)9-13(14)19)25-17(22)12-5-3-4-6-15(12)26(2,23)24/h3-10H,1-2H3,(H,20,21)/t10-/m0/s1. The molecule has 0 aliphatic heterocycles. The quantitative estimate of drug-likeness (QED) is 0.780. The molecule has 0 saturated heterocycles. The van der Waals surface area contributed by atoms with Crippen LogP contribution in [0.2, 0.25) is 5.02 Å². The molecule has 138 valence electrons. The highest BCUT2D eigenvalue weighted by Crippen LogP contribution is 2.20. The van der Waals surface area contributed by atoms with Crippen molar-refractivity contribution in [2.24, 2.45) is 0 Å². The third kappa shape index (κ3) is 4.80. The van der Waals surface area contributed by atoms with Gasteiger partial charge in [0.2, 0.25) is 0 Å². The Bertz CT molecular complexity index is 961. The van der Waals surface area contributed by atoms with Crippen LogP contribution in [0.1, 0.15) is 17.3 Å². The molecule has 9 heteroatoms. The third-order valence-electron chi connectivity index (χ3n) is 3.35. The number of hydrogen-bond acceptors (Lipinski definition) is 5. The summed E-state index contributed by atoms with van der Waals surface area (Å²) in [5.41, 5.74) is -0.314. The largest absolute Gasteiger partial charge is 0.449 e. The van der Waals surface area contributed by atoms with Crippen LogP contribution in [0, 0.1) is 5.82 Å². The second-order valence-electron chi connectivity index (χ2n) is 5.43. The number of amides is 1. The number of anilines is 1. The number of halogens is 2. The number of benzene rings is 2. The molecular weight excluding hydrogens is 385 g/mol. The van der Waals surface area contributed by atoms with Gasteiger partial charge in [0, 0.05) is 11.3 Å². The van der Waals surface area contributed by atoms with Crippen LogP contribution >= 0.6 is 11.6 Å². The molecule has 0 aliphatic rings. The molecule has 0 aromatic heterocycles. The predicted molar refractivity (Wildman–Crippen MR) is 94.5 cm³/mol. The molecule has 0 bridgehead atoms. The zero-order chi connectivity index (χ0) is 19.5. The van der Waals surface area contributed by atoms with E-state index >= 15 is 0 Å². The average molecular weight is 400 g/mol. The van der Waals surface area contributed by atoms with Gasteiger partial charge in [-0.3, -0.25) is 4.79 Å². The van der Waals surface area contributed by atoms with Crippen molar-refractivity contribution in [2.45, 2.75) is 17.9 Å². The normalized spacial score (nSPS) is 12.3. The zero-order valence-corrected chi connectivity index (χ0v) is 15.4. The smallest absolute Gasteiger partial charge is 0.340 e. The molecule has 0 heterocycles. The second kappa shape index (κ2) is 7.84.